The molecule has 0 atom stereocenters. The van der Waals surface area contributed by atoms with Crippen LogP contribution in [-0.2, 0) is 23.7 Å². The van der Waals surface area contributed by atoms with Crippen molar-refractivity contribution in [1.29, 1.82) is 0 Å². The van der Waals surface area contributed by atoms with E-state index in [0.29, 0.717) is 86.4 Å². The third-order valence-electron chi connectivity index (χ3n) is 9.85. The van der Waals surface area contributed by atoms with E-state index in [-0.39, 0.29) is 35.2 Å². The van der Waals surface area contributed by atoms with E-state index in [1.807, 2.05) is 36.4 Å². The lowest BCUT2D eigenvalue weighted by Crippen LogP contribution is -2.15. The number of Topliss-reactive ketones (excluding diaryl/α,β-unsaturated/α-hetero) is 2. The molecule has 2 fully saturated rings. The number of halogens is 1. The first kappa shape index (κ1) is 45.3. The Kier molecular flexibility index (Phi) is 14.8. The SMILES string of the molecule is CCC(=O)c1cnc(Cl)cc1Nc1cccc(-c2ncn(C)n2)c1OC.CCC(=O)c1cnc(NC(=O)C2CC2)cc1Nc1cccc(-c2ncn(C)n2)c1OC.NC(=O)C1CC1. The van der Waals surface area contributed by atoms with Gasteiger partial charge in [0.15, 0.2) is 34.7 Å². The number of rotatable bonds is 15. The van der Waals surface area contributed by atoms with Crippen molar-refractivity contribution in [1.82, 2.24) is 39.5 Å². The van der Waals surface area contributed by atoms with Gasteiger partial charge in [0.2, 0.25) is 11.8 Å². The summed E-state index contributed by atoms with van der Waals surface area (Å²) in [5, 5.41) is 18.3. The molecular weight excluding hydrogens is 828 g/mol. The highest BCUT2D eigenvalue weighted by atomic mass is 35.5. The second-order valence-electron chi connectivity index (χ2n) is 14.7. The number of nitrogens with two attached hydrogens (primary N) is 1. The number of carbonyl (C=O) groups excluding carboxylic acids is 4. The molecule has 18 nitrogen and oxygen atoms in total. The maximum Gasteiger partial charge on any atom is 0.228 e. The number of ether oxygens (including phenoxy) is 2. The quantitative estimate of drug-likeness (QED) is 0.0584. The second-order valence-corrected chi connectivity index (χ2v) is 15.1. The van der Waals surface area contributed by atoms with Crippen LogP contribution in [0.3, 0.4) is 0 Å². The van der Waals surface area contributed by atoms with Crippen molar-refractivity contribution in [2.75, 3.05) is 30.2 Å². The first-order chi connectivity index (χ1) is 30.3. The van der Waals surface area contributed by atoms with Gasteiger partial charge in [-0.05, 0) is 56.0 Å². The molecule has 0 radical (unpaired) electrons. The molecule has 0 bridgehead atoms. The summed E-state index contributed by atoms with van der Waals surface area (Å²) < 4.78 is 14.5. The average Bonchev–Trinajstić information content (AvgIpc) is 4.22. The minimum absolute atomic E-state index is 0.0295. The molecule has 19 heteroatoms. The zero-order valence-corrected chi connectivity index (χ0v) is 36.6. The van der Waals surface area contributed by atoms with E-state index in [1.165, 1.54) is 12.4 Å². The lowest BCUT2D eigenvalue weighted by molar-refractivity contribution is -0.119. The molecule has 0 spiro atoms. The summed E-state index contributed by atoms with van der Waals surface area (Å²) in [6.07, 6.45) is 10.8. The van der Waals surface area contributed by atoms with Gasteiger partial charge in [0.25, 0.3) is 0 Å². The van der Waals surface area contributed by atoms with E-state index in [2.05, 4.69) is 46.1 Å². The molecule has 0 saturated heterocycles. The molecule has 2 aliphatic carbocycles. The molecule has 2 saturated carbocycles. The molecule has 0 aliphatic heterocycles. The number of aryl methyl sites for hydroxylation is 2. The van der Waals surface area contributed by atoms with Crippen molar-refractivity contribution < 1.29 is 28.7 Å². The standard InChI is InChI=1S/C22H24N6O3.C18H18ClN5O2.C4H7NO/c1-4-18(29)15-11-23-19(26-22(30)13-8-9-13)10-17(15)25-16-7-5-6-14(20(16)31-3)21-24-12-28(2)27-21;1-4-15(25)12-9-20-16(19)8-14(12)22-13-7-5-6-11(17(13)26-3)18-21-10-24(2)23-18;5-4(6)3-1-2-3/h5-7,10-13H,4,8-9H2,1-3H3,(H2,23,25,26,30);5-10H,4H2,1-3H3,(H,20,22);3H,1-2H2,(H2,5,6). The second kappa shape index (κ2) is 20.6. The highest BCUT2D eigenvalue weighted by Gasteiger charge is 2.30. The summed E-state index contributed by atoms with van der Waals surface area (Å²) in [6.45, 7) is 3.59. The van der Waals surface area contributed by atoms with Gasteiger partial charge in [0, 0.05) is 57.2 Å². The fourth-order valence-electron chi connectivity index (χ4n) is 6.21. The number of para-hydroxylation sites is 2. The van der Waals surface area contributed by atoms with Crippen molar-refractivity contribution in [2.24, 2.45) is 31.7 Å². The number of carbonyl (C=O) groups is 4. The van der Waals surface area contributed by atoms with E-state index in [0.717, 1.165) is 31.2 Å². The molecule has 63 heavy (non-hydrogen) atoms. The lowest BCUT2D eigenvalue weighted by atomic mass is 10.1. The maximum atomic E-state index is 12.5. The molecule has 2 amide bonds. The van der Waals surface area contributed by atoms with E-state index in [1.54, 1.807) is 76.3 Å². The smallest absolute Gasteiger partial charge is 0.228 e. The minimum atomic E-state index is -0.130. The topological polar surface area (TPSA) is 236 Å². The number of benzene rings is 2. The Labute approximate surface area is 369 Å². The Morgan fingerprint density at radius 3 is 1.57 bits per heavy atom. The first-order valence-electron chi connectivity index (χ1n) is 20.3. The average molecular weight is 877 g/mol. The number of pyridine rings is 2. The van der Waals surface area contributed by atoms with E-state index < -0.39 is 0 Å². The van der Waals surface area contributed by atoms with Crippen LogP contribution in [0.2, 0.25) is 5.15 Å². The molecule has 8 rings (SSSR count). The number of nitrogens with zero attached hydrogens (tertiary/aromatic N) is 8. The van der Waals surface area contributed by atoms with Crippen LogP contribution >= 0.6 is 11.6 Å². The highest BCUT2D eigenvalue weighted by Crippen LogP contribution is 2.39. The van der Waals surface area contributed by atoms with Gasteiger partial charge in [0.05, 0.1) is 59.2 Å². The summed E-state index contributed by atoms with van der Waals surface area (Å²) in [5.74, 6) is 2.62. The highest BCUT2D eigenvalue weighted by molar-refractivity contribution is 6.29. The van der Waals surface area contributed by atoms with Crippen molar-refractivity contribution in [2.45, 2.75) is 52.4 Å². The van der Waals surface area contributed by atoms with Crippen LogP contribution < -0.4 is 31.2 Å². The molecule has 328 valence electrons. The van der Waals surface area contributed by atoms with E-state index in [4.69, 9.17) is 26.8 Å². The van der Waals surface area contributed by atoms with Crippen molar-refractivity contribution in [3.8, 4) is 34.3 Å². The number of primary amides is 1. The predicted octanol–water partition coefficient (Wildman–Crippen LogP) is 7.33. The Morgan fingerprint density at radius 2 is 1.17 bits per heavy atom. The van der Waals surface area contributed by atoms with Crippen molar-refractivity contribution in [3.05, 3.63) is 89.9 Å². The molecule has 4 aromatic heterocycles. The monoisotopic (exact) mass is 876 g/mol. The van der Waals surface area contributed by atoms with Gasteiger partial charge in [-0.1, -0.05) is 37.6 Å². The van der Waals surface area contributed by atoms with Crippen LogP contribution in [0, 0.1) is 11.8 Å². The Bertz CT molecular complexity index is 2620. The number of amides is 2. The third kappa shape index (κ3) is 11.6. The molecule has 5 N–H and O–H groups in total. The fourth-order valence-corrected chi connectivity index (χ4v) is 6.36. The van der Waals surface area contributed by atoms with Gasteiger partial charge in [-0.15, -0.1) is 0 Å². The first-order valence-corrected chi connectivity index (χ1v) is 20.6. The summed E-state index contributed by atoms with van der Waals surface area (Å²) in [6, 6.07) is 14.4. The number of aromatic nitrogens is 8. The van der Waals surface area contributed by atoms with Crippen LogP contribution in [0.1, 0.15) is 73.1 Å². The minimum Gasteiger partial charge on any atom is -0.494 e. The van der Waals surface area contributed by atoms with Crippen LogP contribution in [0.5, 0.6) is 11.5 Å². The molecule has 2 aliphatic rings. The van der Waals surface area contributed by atoms with Gasteiger partial charge < -0.3 is 31.2 Å². The summed E-state index contributed by atoms with van der Waals surface area (Å²) >= 11 is 6.02. The van der Waals surface area contributed by atoms with Gasteiger partial charge in [0.1, 0.15) is 23.6 Å². The van der Waals surface area contributed by atoms with Gasteiger partial charge in [-0.2, -0.15) is 10.2 Å². The van der Waals surface area contributed by atoms with Gasteiger partial charge in [-0.25, -0.2) is 19.9 Å². The van der Waals surface area contributed by atoms with E-state index in [9.17, 15) is 19.2 Å². The molecular formula is C44H49ClN12O6. The summed E-state index contributed by atoms with van der Waals surface area (Å²) in [7, 11) is 6.73. The van der Waals surface area contributed by atoms with E-state index >= 15 is 0 Å². The van der Waals surface area contributed by atoms with Crippen LogP contribution in [0.15, 0.2) is 73.6 Å². The molecule has 6 aromatic rings. The van der Waals surface area contributed by atoms with Gasteiger partial charge in [-0.3, -0.25) is 28.5 Å². The zero-order valence-electron chi connectivity index (χ0n) is 35.8. The van der Waals surface area contributed by atoms with Crippen LogP contribution in [0.4, 0.5) is 28.6 Å². The summed E-state index contributed by atoms with van der Waals surface area (Å²) in [5.41, 5.74) is 9.65. The predicted molar refractivity (Wildman–Crippen MR) is 239 cm³/mol. The number of anilines is 5. The lowest BCUT2D eigenvalue weighted by Gasteiger charge is -2.16. The Balaban J connectivity index is 0.000000187. The Hall–Kier alpha value is -7.21. The molecule has 2 aromatic carbocycles. The van der Waals surface area contributed by atoms with Crippen LogP contribution in [-0.4, -0.2) is 77.1 Å². The zero-order chi connectivity index (χ0) is 45.2. The van der Waals surface area contributed by atoms with Crippen LogP contribution in [0.25, 0.3) is 22.8 Å². The Morgan fingerprint density at radius 1 is 0.698 bits per heavy atom. The molecule has 4 heterocycles. The van der Waals surface area contributed by atoms with Crippen molar-refractivity contribution in [3.63, 3.8) is 0 Å². The fraction of sp³-hybridized carbons (Fsp3) is 0.318. The van der Waals surface area contributed by atoms with Crippen molar-refractivity contribution >= 4 is 63.5 Å². The maximum absolute atomic E-state index is 12.5. The largest absolute Gasteiger partial charge is 0.494 e. The number of ketones is 2. The number of hydrogen-bond acceptors (Lipinski definition) is 14. The summed E-state index contributed by atoms with van der Waals surface area (Å²) in [4.78, 5) is 63.7. The normalized spacial score (nSPS) is 12.7. The third-order valence-corrected chi connectivity index (χ3v) is 10.1. The number of hydrogen-bond donors (Lipinski definition) is 4. The molecule has 0 unspecified atom stereocenters. The van der Waals surface area contributed by atoms with Gasteiger partial charge >= 0.3 is 0 Å². The number of methoxy groups -OCH3 is 2. The number of nitrogens with one attached hydrogen (secondary N) is 3.